The summed E-state index contributed by atoms with van der Waals surface area (Å²) in [6.07, 6.45) is 1.15. The molecule has 7 nitrogen and oxygen atoms in total. The molecule has 2 heterocycles. The van der Waals surface area contributed by atoms with E-state index in [1.807, 2.05) is 20.8 Å². The summed E-state index contributed by atoms with van der Waals surface area (Å²) < 4.78 is 17.1. The smallest absolute Gasteiger partial charge is 0.410 e. The molecule has 0 saturated carbocycles. The normalized spacial score (nSPS) is 24.4. The van der Waals surface area contributed by atoms with Gasteiger partial charge in [0.1, 0.15) is 11.4 Å². The Morgan fingerprint density at radius 2 is 1.88 bits per heavy atom. The number of amides is 1. The average molecular weight is 356 g/mol. The van der Waals surface area contributed by atoms with Gasteiger partial charge in [0.2, 0.25) is 0 Å². The highest BCUT2D eigenvalue weighted by Gasteiger charge is 2.44. The predicted molar refractivity (Wildman–Crippen MR) is 93.6 cm³/mol. The van der Waals surface area contributed by atoms with E-state index in [1.54, 1.807) is 18.9 Å². The van der Waals surface area contributed by atoms with E-state index in [0.29, 0.717) is 32.8 Å². The van der Waals surface area contributed by atoms with Crippen LogP contribution in [0.25, 0.3) is 0 Å². The Kier molecular flexibility index (Phi) is 6.45. The van der Waals surface area contributed by atoms with Crippen LogP contribution in [0, 0.1) is 0 Å². The van der Waals surface area contributed by atoms with Crippen molar-refractivity contribution in [2.45, 2.75) is 57.8 Å². The van der Waals surface area contributed by atoms with Gasteiger partial charge >= 0.3 is 6.09 Å². The molecule has 2 aliphatic heterocycles. The third-order valence-corrected chi connectivity index (χ3v) is 4.52. The van der Waals surface area contributed by atoms with Gasteiger partial charge in [-0.05, 0) is 40.5 Å². The number of ether oxygens (including phenoxy) is 3. The summed E-state index contributed by atoms with van der Waals surface area (Å²) in [5, 5.41) is 0. The van der Waals surface area contributed by atoms with Gasteiger partial charge in [0, 0.05) is 33.3 Å². The van der Waals surface area contributed by atoms with Gasteiger partial charge in [-0.3, -0.25) is 9.69 Å². The maximum atomic E-state index is 12.2. The number of methoxy groups -OCH3 is 1. The first-order valence-electron chi connectivity index (χ1n) is 8.99. The van der Waals surface area contributed by atoms with Gasteiger partial charge in [-0.15, -0.1) is 0 Å². The Morgan fingerprint density at radius 1 is 1.24 bits per heavy atom. The number of likely N-dealkylation sites (tertiary alicyclic amines) is 1. The van der Waals surface area contributed by atoms with Crippen LogP contribution in [0.1, 0.15) is 40.5 Å². The Hall–Kier alpha value is -1.18. The zero-order chi connectivity index (χ0) is 18.7. The first kappa shape index (κ1) is 20.1. The molecule has 0 unspecified atom stereocenters. The molecule has 2 saturated heterocycles. The molecule has 0 aliphatic carbocycles. The Morgan fingerprint density at radius 3 is 2.40 bits per heavy atom. The number of morpholine rings is 1. The number of carbonyl (C=O) groups is 2. The van der Waals surface area contributed by atoms with Gasteiger partial charge in [0.05, 0.1) is 24.9 Å². The molecule has 2 fully saturated rings. The van der Waals surface area contributed by atoms with Gasteiger partial charge in [-0.1, -0.05) is 0 Å². The summed E-state index contributed by atoms with van der Waals surface area (Å²) in [5.41, 5.74) is -0.815. The topological polar surface area (TPSA) is 68.3 Å². The molecule has 0 aromatic carbocycles. The standard InChI is InChI=1S/C18H32N2O5/c1-14(21)10-19-11-15(12-23-5)24-18(13-19)6-8-20(9-7-18)16(22)25-17(2,3)4/h15H,6-13H2,1-5H3/t15-/m0/s1. The van der Waals surface area contributed by atoms with Crippen molar-refractivity contribution in [1.82, 2.24) is 9.80 Å². The van der Waals surface area contributed by atoms with Gasteiger partial charge in [-0.2, -0.15) is 0 Å². The van der Waals surface area contributed by atoms with Crippen LogP contribution in [0.5, 0.6) is 0 Å². The molecule has 0 aromatic rings. The summed E-state index contributed by atoms with van der Waals surface area (Å²) in [6.45, 7) is 10.8. The highest BCUT2D eigenvalue weighted by atomic mass is 16.6. The van der Waals surface area contributed by atoms with E-state index in [0.717, 1.165) is 19.4 Å². The van der Waals surface area contributed by atoms with E-state index in [9.17, 15) is 9.59 Å². The minimum absolute atomic E-state index is 0.0498. The summed E-state index contributed by atoms with van der Waals surface area (Å²) in [7, 11) is 1.66. The molecule has 0 bridgehead atoms. The van der Waals surface area contributed by atoms with Crippen LogP contribution in [-0.2, 0) is 19.0 Å². The lowest BCUT2D eigenvalue weighted by Gasteiger charge is -2.49. The molecule has 7 heteroatoms. The van der Waals surface area contributed by atoms with Crippen LogP contribution in [0.3, 0.4) is 0 Å². The average Bonchev–Trinajstić information content (AvgIpc) is 2.45. The lowest BCUT2D eigenvalue weighted by molar-refractivity contribution is -0.186. The third-order valence-electron chi connectivity index (χ3n) is 4.52. The van der Waals surface area contributed by atoms with Crippen molar-refractivity contribution in [3.8, 4) is 0 Å². The second-order valence-electron chi connectivity index (χ2n) is 8.22. The Balaban J connectivity index is 1.98. The highest BCUT2D eigenvalue weighted by Crippen LogP contribution is 2.33. The zero-order valence-corrected chi connectivity index (χ0v) is 16.2. The van der Waals surface area contributed by atoms with Crippen molar-refractivity contribution < 1.29 is 23.8 Å². The molecule has 1 spiro atoms. The summed E-state index contributed by atoms with van der Waals surface area (Å²) in [4.78, 5) is 27.7. The van der Waals surface area contributed by atoms with E-state index >= 15 is 0 Å². The van der Waals surface area contributed by atoms with Gasteiger partial charge < -0.3 is 19.1 Å². The number of nitrogens with zero attached hydrogens (tertiary/aromatic N) is 2. The minimum Gasteiger partial charge on any atom is -0.444 e. The number of rotatable bonds is 4. The number of Topliss-reactive ketones (excluding diaryl/α,β-unsaturated/α-hetero) is 1. The number of hydrogen-bond acceptors (Lipinski definition) is 6. The molecule has 0 N–H and O–H groups in total. The second kappa shape index (κ2) is 8.01. The predicted octanol–water partition coefficient (Wildman–Crippen LogP) is 1.69. The Bertz CT molecular complexity index is 480. The van der Waals surface area contributed by atoms with Crippen LogP contribution < -0.4 is 0 Å². The van der Waals surface area contributed by atoms with Crippen molar-refractivity contribution in [2.75, 3.05) is 46.4 Å². The van der Waals surface area contributed by atoms with Crippen LogP contribution >= 0.6 is 0 Å². The number of hydrogen-bond donors (Lipinski definition) is 0. The number of piperidine rings is 1. The highest BCUT2D eigenvalue weighted by molar-refractivity contribution is 5.77. The van der Waals surface area contributed by atoms with E-state index < -0.39 is 5.60 Å². The lowest BCUT2D eigenvalue weighted by Crippen LogP contribution is -2.61. The van der Waals surface area contributed by atoms with Crippen LogP contribution in [-0.4, -0.2) is 85.4 Å². The van der Waals surface area contributed by atoms with Crippen LogP contribution in [0.15, 0.2) is 0 Å². The zero-order valence-electron chi connectivity index (χ0n) is 16.2. The quantitative estimate of drug-likeness (QED) is 0.764. The third kappa shape index (κ3) is 5.94. The monoisotopic (exact) mass is 356 g/mol. The SMILES string of the molecule is COC[C@@H]1CN(CC(C)=O)CC2(CCN(C(=O)OC(C)(C)C)CC2)O1. The van der Waals surface area contributed by atoms with Crippen molar-refractivity contribution in [2.24, 2.45) is 0 Å². The summed E-state index contributed by atoms with van der Waals surface area (Å²) in [5.74, 6) is 0.152. The molecule has 0 aromatic heterocycles. The molecule has 2 rings (SSSR count). The summed E-state index contributed by atoms with van der Waals surface area (Å²) >= 11 is 0. The van der Waals surface area contributed by atoms with Crippen LogP contribution in [0.2, 0.25) is 0 Å². The molecule has 25 heavy (non-hydrogen) atoms. The van der Waals surface area contributed by atoms with Crippen molar-refractivity contribution in [3.63, 3.8) is 0 Å². The van der Waals surface area contributed by atoms with Crippen molar-refractivity contribution >= 4 is 11.9 Å². The molecule has 1 atom stereocenters. The summed E-state index contributed by atoms with van der Waals surface area (Å²) in [6, 6.07) is 0. The first-order valence-corrected chi connectivity index (χ1v) is 8.99. The lowest BCUT2D eigenvalue weighted by atomic mass is 9.88. The Labute approximate surface area is 150 Å². The van der Waals surface area contributed by atoms with Crippen molar-refractivity contribution in [1.29, 1.82) is 0 Å². The number of carbonyl (C=O) groups excluding carboxylic acids is 2. The van der Waals surface area contributed by atoms with E-state index in [2.05, 4.69) is 4.90 Å². The molecule has 2 aliphatic rings. The van der Waals surface area contributed by atoms with Crippen molar-refractivity contribution in [3.05, 3.63) is 0 Å². The maximum Gasteiger partial charge on any atom is 0.410 e. The molecule has 1 amide bonds. The second-order valence-corrected chi connectivity index (χ2v) is 8.22. The van der Waals surface area contributed by atoms with Gasteiger partial charge in [0.15, 0.2) is 0 Å². The maximum absolute atomic E-state index is 12.2. The molecular formula is C18H32N2O5. The largest absolute Gasteiger partial charge is 0.444 e. The minimum atomic E-state index is -0.491. The molecular weight excluding hydrogens is 324 g/mol. The fraction of sp³-hybridized carbons (Fsp3) is 0.889. The fourth-order valence-corrected chi connectivity index (χ4v) is 3.60. The first-order chi connectivity index (χ1) is 11.6. The number of ketones is 1. The fourth-order valence-electron chi connectivity index (χ4n) is 3.60. The van der Waals surface area contributed by atoms with Crippen LogP contribution in [0.4, 0.5) is 4.79 Å². The van der Waals surface area contributed by atoms with E-state index in [1.165, 1.54) is 0 Å². The van der Waals surface area contributed by atoms with E-state index in [4.69, 9.17) is 14.2 Å². The molecule has 0 radical (unpaired) electrons. The molecule has 144 valence electrons. The van der Waals surface area contributed by atoms with E-state index in [-0.39, 0.29) is 23.6 Å². The van der Waals surface area contributed by atoms with Gasteiger partial charge in [0.25, 0.3) is 0 Å². The van der Waals surface area contributed by atoms with Gasteiger partial charge in [-0.25, -0.2) is 4.79 Å².